The van der Waals surface area contributed by atoms with Gasteiger partial charge in [-0.3, -0.25) is 5.40 Å². The number of halogens is 2. The molecule has 0 N–H and O–H groups in total. The van der Waals surface area contributed by atoms with Crippen LogP contribution in [0.4, 0.5) is 0 Å². The van der Waals surface area contributed by atoms with E-state index in [2.05, 4.69) is 116 Å². The molecule has 4 aromatic rings. The van der Waals surface area contributed by atoms with Crippen LogP contribution in [0.25, 0.3) is 22.3 Å². The first-order chi connectivity index (χ1) is 14.8. The fraction of sp³-hybridized carbons (Fsp3) is 0.107. The minimum atomic E-state index is 0. The molecule has 2 atom stereocenters. The van der Waals surface area contributed by atoms with Gasteiger partial charge in [-0.05, 0) is 22.3 Å². The van der Waals surface area contributed by atoms with Gasteiger partial charge in [0.2, 0.25) is 0 Å². The summed E-state index contributed by atoms with van der Waals surface area (Å²) in [6.07, 6.45) is 2.41. The van der Waals surface area contributed by atoms with Gasteiger partial charge in [0.1, 0.15) is 0 Å². The van der Waals surface area contributed by atoms with Gasteiger partial charge in [-0.15, -0.1) is 24.8 Å². The van der Waals surface area contributed by atoms with Crippen LogP contribution in [0.15, 0.2) is 109 Å². The maximum atomic E-state index is 2.30. The average molecular weight is 605 g/mol. The Morgan fingerprint density at radius 3 is 1.18 bits per heavy atom. The van der Waals surface area contributed by atoms with Gasteiger partial charge in [0.05, 0.1) is 0 Å². The molecule has 33 heavy (non-hydrogen) atoms. The summed E-state index contributed by atoms with van der Waals surface area (Å²) in [5.74, 6) is 0. The summed E-state index contributed by atoms with van der Waals surface area (Å²) in [4.78, 5) is 0. The Labute approximate surface area is 228 Å². The maximum Gasteiger partial charge on any atom is 0 e. The van der Waals surface area contributed by atoms with Crippen LogP contribution in [0.3, 0.4) is 0 Å². The van der Waals surface area contributed by atoms with Crippen molar-refractivity contribution in [2.24, 2.45) is 0 Å². The van der Waals surface area contributed by atoms with Crippen LogP contribution < -0.4 is 10.6 Å². The van der Waals surface area contributed by atoms with Gasteiger partial charge in [-0.2, -0.15) is 6.42 Å². The summed E-state index contributed by atoms with van der Waals surface area (Å²) in [6, 6.07) is 39.5. The fourth-order valence-corrected chi connectivity index (χ4v) is 6.74. The van der Waals surface area contributed by atoms with Crippen LogP contribution >= 0.6 is 42.0 Å². The SMILES string of the molecule is CCC[C-](Pc1ccc(-c2ccccc2)cc1)Pc1ccc(-c2ccccc2)cc1.Cl.Cl.[Pd]. The summed E-state index contributed by atoms with van der Waals surface area (Å²) in [5, 5.41) is 4.54. The van der Waals surface area contributed by atoms with Gasteiger partial charge in [-0.25, -0.2) is 17.2 Å². The van der Waals surface area contributed by atoms with Gasteiger partial charge >= 0.3 is 0 Å². The second kappa shape index (κ2) is 15.8. The van der Waals surface area contributed by atoms with E-state index in [0.717, 1.165) is 17.2 Å². The molecule has 4 aromatic carbocycles. The van der Waals surface area contributed by atoms with Crippen molar-refractivity contribution < 1.29 is 20.4 Å². The minimum absolute atomic E-state index is 0. The van der Waals surface area contributed by atoms with Crippen molar-refractivity contribution in [2.75, 3.05) is 0 Å². The van der Waals surface area contributed by atoms with Crippen LogP contribution in [0.5, 0.6) is 0 Å². The van der Waals surface area contributed by atoms with Crippen molar-refractivity contribution in [1.82, 2.24) is 0 Å². The van der Waals surface area contributed by atoms with E-state index in [0.29, 0.717) is 0 Å². The van der Waals surface area contributed by atoms with Gasteiger partial charge in [0.15, 0.2) is 0 Å². The standard InChI is InChI=1S/C28H27P2.2ClH.Pd/c1-2-9-28(29-26-18-14-24(15-19-26)22-10-5-3-6-11-22)30-27-20-16-25(17-21-27)23-12-7-4-8-13-23;;;/h3-8,10-21,29-30H,2,9H2,1H3;2*1H;/q-1;;;. The molecule has 0 aliphatic carbocycles. The molecular formula is C28H29Cl2P2Pd-. The molecule has 0 nitrogen and oxygen atoms in total. The Balaban J connectivity index is 0.00000181. The zero-order valence-corrected chi connectivity index (χ0v) is 23.6. The van der Waals surface area contributed by atoms with E-state index in [4.69, 9.17) is 0 Å². The quantitative estimate of drug-likeness (QED) is 0.108. The predicted octanol–water partition coefficient (Wildman–Crippen LogP) is 8.46. The first kappa shape index (κ1) is 30.0. The first-order valence-corrected chi connectivity index (χ1v) is 12.5. The smallest absolute Gasteiger partial charge is 0 e. The van der Waals surface area contributed by atoms with Gasteiger partial charge in [-0.1, -0.05) is 133 Å². The van der Waals surface area contributed by atoms with E-state index in [9.17, 15) is 0 Å². The van der Waals surface area contributed by atoms with Crippen LogP contribution in [0, 0.1) is 5.40 Å². The van der Waals surface area contributed by atoms with Crippen molar-refractivity contribution in [1.29, 1.82) is 0 Å². The van der Waals surface area contributed by atoms with E-state index in [-0.39, 0.29) is 45.2 Å². The van der Waals surface area contributed by atoms with E-state index in [1.54, 1.807) is 5.40 Å². The summed E-state index contributed by atoms with van der Waals surface area (Å²) in [6.45, 7) is 2.28. The maximum absolute atomic E-state index is 2.30. The van der Waals surface area contributed by atoms with Crippen LogP contribution in [0.1, 0.15) is 19.8 Å². The molecular weight excluding hydrogens is 576 g/mol. The molecule has 0 bridgehead atoms. The van der Waals surface area contributed by atoms with Gasteiger partial charge in [0, 0.05) is 20.4 Å². The van der Waals surface area contributed by atoms with Crippen molar-refractivity contribution in [3.8, 4) is 22.3 Å². The van der Waals surface area contributed by atoms with Crippen molar-refractivity contribution in [3.63, 3.8) is 0 Å². The van der Waals surface area contributed by atoms with Crippen LogP contribution in [-0.2, 0) is 20.4 Å². The topological polar surface area (TPSA) is 0 Å². The summed E-state index contributed by atoms with van der Waals surface area (Å²) in [7, 11) is 1.56. The van der Waals surface area contributed by atoms with Crippen molar-refractivity contribution in [2.45, 2.75) is 19.8 Å². The van der Waals surface area contributed by atoms with Crippen molar-refractivity contribution >= 4 is 52.6 Å². The number of benzene rings is 4. The van der Waals surface area contributed by atoms with E-state index in [1.807, 2.05) is 0 Å². The summed E-state index contributed by atoms with van der Waals surface area (Å²) < 4.78 is 0. The normalized spacial score (nSPS) is 10.7. The second-order valence-electron chi connectivity index (χ2n) is 7.37. The van der Waals surface area contributed by atoms with Crippen LogP contribution in [0.2, 0.25) is 0 Å². The van der Waals surface area contributed by atoms with E-state index >= 15 is 0 Å². The third-order valence-electron chi connectivity index (χ3n) is 5.07. The van der Waals surface area contributed by atoms with E-state index < -0.39 is 0 Å². The molecule has 5 heteroatoms. The molecule has 0 radical (unpaired) electrons. The average Bonchev–Trinajstić information content (AvgIpc) is 2.81. The molecule has 0 saturated heterocycles. The molecule has 0 amide bonds. The van der Waals surface area contributed by atoms with Gasteiger partial charge < -0.3 is 0 Å². The Morgan fingerprint density at radius 2 is 0.848 bits per heavy atom. The summed E-state index contributed by atoms with van der Waals surface area (Å²) >= 11 is 0. The fourth-order valence-electron chi connectivity index (χ4n) is 3.51. The molecule has 0 spiro atoms. The monoisotopic (exact) mass is 603 g/mol. The third-order valence-corrected chi connectivity index (χ3v) is 8.17. The van der Waals surface area contributed by atoms with Crippen molar-refractivity contribution in [3.05, 3.63) is 115 Å². The molecule has 0 aliphatic rings. The minimum Gasteiger partial charge on any atom is -0.259 e. The Hall–Kier alpha value is -1.02. The Morgan fingerprint density at radius 1 is 0.515 bits per heavy atom. The molecule has 2 unspecified atom stereocenters. The zero-order chi connectivity index (χ0) is 20.6. The molecule has 4 rings (SSSR count). The van der Waals surface area contributed by atoms with Crippen LogP contribution in [-0.4, -0.2) is 0 Å². The zero-order valence-electron chi connectivity index (χ0n) is 18.4. The Bertz CT molecular complexity index is 956. The van der Waals surface area contributed by atoms with Gasteiger partial charge in [0.25, 0.3) is 0 Å². The summed E-state index contributed by atoms with van der Waals surface area (Å²) in [5.41, 5.74) is 5.15. The number of hydrogen-bond acceptors (Lipinski definition) is 0. The third kappa shape index (κ3) is 8.93. The second-order valence-corrected chi connectivity index (χ2v) is 10.7. The molecule has 0 saturated carbocycles. The van der Waals surface area contributed by atoms with E-state index in [1.165, 1.54) is 45.7 Å². The molecule has 0 heterocycles. The Kier molecular flexibility index (Phi) is 14.4. The molecule has 0 aliphatic heterocycles. The molecule has 0 fully saturated rings. The predicted molar refractivity (Wildman–Crippen MR) is 152 cm³/mol. The molecule has 0 aromatic heterocycles. The number of hydrogen-bond donors (Lipinski definition) is 0. The number of rotatable bonds is 8. The largest absolute Gasteiger partial charge is 0.259 e. The molecule has 176 valence electrons. The first-order valence-electron chi connectivity index (χ1n) is 10.5.